The molecule has 0 N–H and O–H groups in total. The van der Waals surface area contributed by atoms with Gasteiger partial charge in [0.25, 0.3) is 0 Å². The summed E-state index contributed by atoms with van der Waals surface area (Å²) in [5, 5.41) is 0.0179. The summed E-state index contributed by atoms with van der Waals surface area (Å²) < 4.78 is 50.5. The van der Waals surface area contributed by atoms with Gasteiger partial charge in [-0.1, -0.05) is 45.7 Å². The highest BCUT2D eigenvalue weighted by Gasteiger charge is 2.29. The molecule has 2 aromatic rings. The third-order valence-corrected chi connectivity index (χ3v) is 4.14. The van der Waals surface area contributed by atoms with E-state index in [0.717, 1.165) is 23.3 Å². The van der Waals surface area contributed by atoms with Gasteiger partial charge in [0, 0.05) is 4.83 Å². The average molecular weight is 382 g/mol. The van der Waals surface area contributed by atoms with Crippen molar-refractivity contribution in [2.75, 3.05) is 0 Å². The lowest BCUT2D eigenvalue weighted by atomic mass is 10.0. The summed E-state index contributed by atoms with van der Waals surface area (Å²) in [6.07, 6.45) is -3.86. The highest BCUT2D eigenvalue weighted by Crippen LogP contribution is 2.32. The van der Waals surface area contributed by atoms with Crippen molar-refractivity contribution in [1.29, 1.82) is 0 Å². The van der Waals surface area contributed by atoms with Gasteiger partial charge < -0.3 is 0 Å². The van der Waals surface area contributed by atoms with Crippen LogP contribution in [0.5, 0.6) is 0 Å². The molecule has 0 fully saturated rings. The van der Waals surface area contributed by atoms with E-state index in [1.54, 1.807) is 6.07 Å². The lowest BCUT2D eigenvalue weighted by Crippen LogP contribution is -2.05. The van der Waals surface area contributed by atoms with E-state index < -0.39 is 17.6 Å². The molecule has 2 aromatic carbocycles. The van der Waals surface area contributed by atoms with Crippen LogP contribution in [0, 0.1) is 5.82 Å². The molecule has 0 amide bonds. The number of halogens is 6. The molecule has 1 atom stereocenters. The first-order valence-electron chi connectivity index (χ1n) is 6.02. The molecular formula is C15H10BrClF4. The molecular weight excluding hydrogens is 372 g/mol. The molecule has 0 saturated heterocycles. The van der Waals surface area contributed by atoms with Crippen LogP contribution >= 0.6 is 27.5 Å². The van der Waals surface area contributed by atoms with Gasteiger partial charge in [-0.2, -0.15) is 13.2 Å². The molecule has 0 aromatic heterocycles. The normalized spacial score (nSPS) is 13.2. The third kappa shape index (κ3) is 4.20. The first-order valence-corrected chi connectivity index (χ1v) is 7.32. The largest absolute Gasteiger partial charge is 0.416 e. The second-order valence-corrected chi connectivity index (χ2v) is 6.05. The molecule has 0 aliphatic heterocycles. The Morgan fingerprint density at radius 1 is 1.05 bits per heavy atom. The number of hydrogen-bond donors (Lipinski definition) is 0. The quantitative estimate of drug-likeness (QED) is 0.440. The summed E-state index contributed by atoms with van der Waals surface area (Å²) in [7, 11) is 0. The van der Waals surface area contributed by atoms with Crippen molar-refractivity contribution in [1.82, 2.24) is 0 Å². The summed E-state index contributed by atoms with van der Waals surface area (Å²) in [4.78, 5) is -0.160. The maximum absolute atomic E-state index is 13.1. The number of alkyl halides is 4. The fourth-order valence-electron chi connectivity index (χ4n) is 1.86. The molecule has 0 aliphatic carbocycles. The summed E-state index contributed by atoms with van der Waals surface area (Å²) in [5.74, 6) is -0.505. The van der Waals surface area contributed by atoms with Gasteiger partial charge in [-0.25, -0.2) is 4.39 Å². The molecule has 2 rings (SSSR count). The van der Waals surface area contributed by atoms with Crippen LogP contribution in [0.15, 0.2) is 42.5 Å². The second kappa shape index (κ2) is 6.36. The number of benzene rings is 2. The van der Waals surface area contributed by atoms with E-state index in [1.807, 2.05) is 0 Å². The van der Waals surface area contributed by atoms with Crippen molar-refractivity contribution in [2.45, 2.75) is 17.4 Å². The maximum Gasteiger partial charge on any atom is 0.416 e. The van der Waals surface area contributed by atoms with Gasteiger partial charge in [0.1, 0.15) is 5.82 Å². The molecule has 0 heterocycles. The maximum atomic E-state index is 13.1. The fraction of sp³-hybridized carbons (Fsp3) is 0.200. The molecule has 0 aliphatic rings. The van der Waals surface area contributed by atoms with Crippen molar-refractivity contribution in [2.24, 2.45) is 0 Å². The third-order valence-electron chi connectivity index (χ3n) is 3.00. The average Bonchev–Trinajstić information content (AvgIpc) is 2.41. The topological polar surface area (TPSA) is 0 Å². The van der Waals surface area contributed by atoms with Crippen molar-refractivity contribution >= 4 is 27.5 Å². The van der Waals surface area contributed by atoms with E-state index >= 15 is 0 Å². The monoisotopic (exact) mass is 380 g/mol. The first-order chi connectivity index (χ1) is 9.77. The van der Waals surface area contributed by atoms with Gasteiger partial charge in [-0.05, 0) is 41.8 Å². The van der Waals surface area contributed by atoms with Gasteiger partial charge in [0.05, 0.1) is 10.6 Å². The molecule has 112 valence electrons. The predicted octanol–water partition coefficient (Wildman–Crippen LogP) is 6.18. The Kier molecular flexibility index (Phi) is 4.94. The fourth-order valence-corrected chi connectivity index (χ4v) is 2.71. The second-order valence-electron chi connectivity index (χ2n) is 4.54. The van der Waals surface area contributed by atoms with E-state index in [1.165, 1.54) is 24.3 Å². The molecule has 1 unspecified atom stereocenters. The highest BCUT2D eigenvalue weighted by atomic mass is 79.9. The molecule has 6 heteroatoms. The van der Waals surface area contributed by atoms with Gasteiger partial charge >= 0.3 is 6.18 Å². The summed E-state index contributed by atoms with van der Waals surface area (Å²) in [5.41, 5.74) is 0.828. The van der Waals surface area contributed by atoms with Crippen molar-refractivity contribution in [3.63, 3.8) is 0 Å². The Morgan fingerprint density at radius 2 is 1.67 bits per heavy atom. The Hall–Kier alpha value is -1.07. The van der Waals surface area contributed by atoms with E-state index in [9.17, 15) is 17.6 Å². The zero-order valence-electron chi connectivity index (χ0n) is 10.6. The van der Waals surface area contributed by atoms with E-state index in [4.69, 9.17) is 11.6 Å². The minimum absolute atomic E-state index is 0.0179. The smallest absolute Gasteiger partial charge is 0.205 e. The first kappa shape index (κ1) is 16.3. The van der Waals surface area contributed by atoms with E-state index in [-0.39, 0.29) is 9.85 Å². The van der Waals surface area contributed by atoms with Crippen LogP contribution in [0.1, 0.15) is 21.5 Å². The van der Waals surface area contributed by atoms with Gasteiger partial charge in [0.15, 0.2) is 0 Å². The molecule has 0 spiro atoms. The SMILES string of the molecule is Fc1ccc(C(Br)Cc2ccc(C(F)(F)F)cc2)cc1Cl. The molecule has 0 saturated carbocycles. The number of rotatable bonds is 3. The minimum atomic E-state index is -4.34. The van der Waals surface area contributed by atoms with Crippen LogP contribution in [0.2, 0.25) is 5.02 Å². The van der Waals surface area contributed by atoms with Gasteiger partial charge in [0.2, 0.25) is 0 Å². The van der Waals surface area contributed by atoms with Gasteiger partial charge in [-0.15, -0.1) is 0 Å². The minimum Gasteiger partial charge on any atom is -0.205 e. The zero-order chi connectivity index (χ0) is 15.6. The standard InChI is InChI=1S/C15H10BrClF4/c16-12(10-3-6-14(18)13(17)8-10)7-9-1-4-11(5-2-9)15(19,20)21/h1-6,8,12H,7H2. The summed E-state index contributed by atoms with van der Waals surface area (Å²) >= 11 is 9.15. The molecule has 0 radical (unpaired) electrons. The van der Waals surface area contributed by atoms with E-state index in [2.05, 4.69) is 15.9 Å². The van der Waals surface area contributed by atoms with Crippen LogP contribution in [-0.2, 0) is 12.6 Å². The van der Waals surface area contributed by atoms with Crippen LogP contribution in [-0.4, -0.2) is 0 Å². The summed E-state index contributed by atoms with van der Waals surface area (Å²) in [6.45, 7) is 0. The van der Waals surface area contributed by atoms with Crippen LogP contribution < -0.4 is 0 Å². The molecule has 0 bridgehead atoms. The predicted molar refractivity (Wildman–Crippen MR) is 78.2 cm³/mol. The Bertz CT molecular complexity index is 623. The summed E-state index contributed by atoms with van der Waals surface area (Å²) in [6, 6.07) is 9.31. The van der Waals surface area contributed by atoms with Crippen LogP contribution in [0.25, 0.3) is 0 Å². The Balaban J connectivity index is 2.12. The van der Waals surface area contributed by atoms with Crippen LogP contribution in [0.3, 0.4) is 0 Å². The van der Waals surface area contributed by atoms with Crippen molar-refractivity contribution in [3.8, 4) is 0 Å². The van der Waals surface area contributed by atoms with Crippen molar-refractivity contribution in [3.05, 3.63) is 70.0 Å². The van der Waals surface area contributed by atoms with Gasteiger partial charge in [-0.3, -0.25) is 0 Å². The molecule has 21 heavy (non-hydrogen) atoms. The lowest BCUT2D eigenvalue weighted by Gasteiger charge is -2.12. The van der Waals surface area contributed by atoms with Crippen LogP contribution in [0.4, 0.5) is 17.6 Å². The lowest BCUT2D eigenvalue weighted by molar-refractivity contribution is -0.137. The highest BCUT2D eigenvalue weighted by molar-refractivity contribution is 9.09. The number of hydrogen-bond acceptors (Lipinski definition) is 0. The Labute approximate surface area is 132 Å². The van der Waals surface area contributed by atoms with E-state index in [0.29, 0.717) is 6.42 Å². The molecule has 0 nitrogen and oxygen atoms in total. The Morgan fingerprint density at radius 3 is 2.19 bits per heavy atom. The zero-order valence-corrected chi connectivity index (χ0v) is 12.9. The van der Waals surface area contributed by atoms with Crippen molar-refractivity contribution < 1.29 is 17.6 Å².